The molecule has 1 aromatic carbocycles. The molecule has 1 aromatic rings. The summed E-state index contributed by atoms with van der Waals surface area (Å²) < 4.78 is 35.0. The van der Waals surface area contributed by atoms with Crippen molar-refractivity contribution in [3.05, 3.63) is 29.3 Å². The predicted octanol–water partition coefficient (Wildman–Crippen LogP) is 5.37. The van der Waals surface area contributed by atoms with E-state index in [4.69, 9.17) is 4.74 Å². The van der Waals surface area contributed by atoms with Gasteiger partial charge < -0.3 is 15.4 Å². The van der Waals surface area contributed by atoms with Gasteiger partial charge in [0.25, 0.3) is 5.91 Å². The highest BCUT2D eigenvalue weighted by Gasteiger charge is 2.51. The molecule has 4 aliphatic carbocycles. The van der Waals surface area contributed by atoms with Crippen molar-refractivity contribution in [2.45, 2.75) is 90.2 Å². The van der Waals surface area contributed by atoms with Crippen molar-refractivity contribution < 1.29 is 23.1 Å². The van der Waals surface area contributed by atoms with E-state index in [1.165, 1.54) is 12.5 Å². The first-order valence-electron chi connectivity index (χ1n) is 13.5. The van der Waals surface area contributed by atoms with Gasteiger partial charge in [0, 0.05) is 18.7 Å². The molecule has 4 aliphatic rings. The molecule has 0 aromatic heterocycles. The van der Waals surface area contributed by atoms with E-state index in [-0.39, 0.29) is 52.5 Å². The van der Waals surface area contributed by atoms with Gasteiger partial charge in [-0.2, -0.15) is 0 Å². The van der Waals surface area contributed by atoms with Gasteiger partial charge in [-0.15, -0.1) is 0 Å². The molecule has 2 bridgehead atoms. The third-order valence-electron chi connectivity index (χ3n) is 9.29. The third kappa shape index (κ3) is 5.05. The van der Waals surface area contributed by atoms with Gasteiger partial charge in [0.05, 0.1) is 17.6 Å². The Hall–Kier alpha value is -2.18. The van der Waals surface area contributed by atoms with Crippen LogP contribution < -0.4 is 15.4 Å². The van der Waals surface area contributed by atoms with Crippen LogP contribution in [0.4, 0.5) is 8.78 Å². The Morgan fingerprint density at radius 1 is 1.03 bits per heavy atom. The van der Waals surface area contributed by atoms with Crippen LogP contribution in [0.15, 0.2) is 12.1 Å². The summed E-state index contributed by atoms with van der Waals surface area (Å²) in [7, 11) is 0. The van der Waals surface area contributed by atoms with E-state index in [1.54, 1.807) is 0 Å². The standard InChI is InChI=1S/C28H38F2N2O3/c1-16-4-8-19(9-5-16)35-23-13-20(21(29)14-22(23)30)26(33)32-25-18-7-6-17(12-18)24(25)27(34)31-15-28(2)10-3-11-28/h13-14,16-19,24-25H,3-12,15H2,1-2H3,(H,31,34)(H,32,33)/t16-,17-,18+,19-,24+,25-/m1/s1. The number of hydrogen-bond donors (Lipinski definition) is 2. The van der Waals surface area contributed by atoms with Crippen LogP contribution in [-0.4, -0.2) is 30.5 Å². The number of ether oxygens (including phenoxy) is 1. The average molecular weight is 489 g/mol. The van der Waals surface area contributed by atoms with Gasteiger partial charge in [0.15, 0.2) is 11.6 Å². The molecule has 2 amide bonds. The molecule has 0 heterocycles. The van der Waals surface area contributed by atoms with E-state index in [0.29, 0.717) is 12.5 Å². The van der Waals surface area contributed by atoms with E-state index in [2.05, 4.69) is 24.5 Å². The molecule has 0 unspecified atom stereocenters. The highest BCUT2D eigenvalue weighted by molar-refractivity contribution is 5.95. The SMILES string of the molecule is CC1(CNC(=O)[C@H]2[C@@H]3CC[C@@H](C3)[C@H]2NC(=O)c2cc(O[C@H]3CC[C@H](C)CC3)c(F)cc2F)CCC1. The zero-order chi connectivity index (χ0) is 24.7. The molecule has 4 saturated carbocycles. The minimum atomic E-state index is -0.910. The van der Waals surface area contributed by atoms with Crippen molar-refractivity contribution >= 4 is 11.8 Å². The summed E-state index contributed by atoms with van der Waals surface area (Å²) in [5, 5.41) is 6.10. The van der Waals surface area contributed by atoms with Crippen LogP contribution in [0.3, 0.4) is 0 Å². The Morgan fingerprint density at radius 2 is 1.74 bits per heavy atom. The molecular weight excluding hydrogens is 450 g/mol. The number of rotatable bonds is 7. The van der Waals surface area contributed by atoms with Crippen LogP contribution in [-0.2, 0) is 4.79 Å². The van der Waals surface area contributed by atoms with E-state index < -0.39 is 17.5 Å². The quantitative estimate of drug-likeness (QED) is 0.542. The summed E-state index contributed by atoms with van der Waals surface area (Å²) in [5.74, 6) is -1.62. The van der Waals surface area contributed by atoms with Gasteiger partial charge >= 0.3 is 0 Å². The molecule has 0 aliphatic heterocycles. The summed E-state index contributed by atoms with van der Waals surface area (Å²) in [6.45, 7) is 5.04. The smallest absolute Gasteiger partial charge is 0.254 e. The number of carbonyl (C=O) groups excluding carboxylic acids is 2. The van der Waals surface area contributed by atoms with Crippen LogP contribution in [0.1, 0.15) is 88.4 Å². The first kappa shape index (κ1) is 24.5. The number of hydrogen-bond acceptors (Lipinski definition) is 3. The molecular formula is C28H38F2N2O3. The molecule has 5 rings (SSSR count). The molecule has 4 atom stereocenters. The normalized spacial score (nSPS) is 33.1. The second-order valence-corrected chi connectivity index (χ2v) is 12.0. The Kier molecular flexibility index (Phi) is 6.79. The molecule has 4 fully saturated rings. The lowest BCUT2D eigenvalue weighted by atomic mass is 9.70. The second kappa shape index (κ2) is 9.70. The predicted molar refractivity (Wildman–Crippen MR) is 129 cm³/mol. The van der Waals surface area contributed by atoms with Crippen molar-refractivity contribution in [3.63, 3.8) is 0 Å². The lowest BCUT2D eigenvalue weighted by Gasteiger charge is -2.39. The van der Waals surface area contributed by atoms with Gasteiger partial charge in [-0.1, -0.05) is 20.3 Å². The molecule has 0 saturated heterocycles. The van der Waals surface area contributed by atoms with E-state index in [1.807, 2.05) is 0 Å². The molecule has 192 valence electrons. The largest absolute Gasteiger partial charge is 0.487 e. The topological polar surface area (TPSA) is 67.4 Å². The van der Waals surface area contributed by atoms with E-state index >= 15 is 0 Å². The van der Waals surface area contributed by atoms with Gasteiger partial charge in [-0.25, -0.2) is 8.78 Å². The zero-order valence-electron chi connectivity index (χ0n) is 20.9. The van der Waals surface area contributed by atoms with Crippen LogP contribution in [0, 0.1) is 40.7 Å². The number of halogens is 2. The Balaban J connectivity index is 1.27. The summed E-state index contributed by atoms with van der Waals surface area (Å²) in [4.78, 5) is 26.3. The van der Waals surface area contributed by atoms with Crippen molar-refractivity contribution in [3.8, 4) is 5.75 Å². The minimum Gasteiger partial charge on any atom is -0.487 e. The Labute approximate surface area is 206 Å². The summed E-state index contributed by atoms with van der Waals surface area (Å²) in [6.07, 6.45) is 9.82. The van der Waals surface area contributed by atoms with E-state index in [9.17, 15) is 18.4 Å². The van der Waals surface area contributed by atoms with Crippen molar-refractivity contribution in [1.82, 2.24) is 10.6 Å². The second-order valence-electron chi connectivity index (χ2n) is 12.0. The van der Waals surface area contributed by atoms with Gasteiger partial charge in [0.2, 0.25) is 5.91 Å². The summed E-state index contributed by atoms with van der Waals surface area (Å²) in [5.41, 5.74) is -0.0507. The maximum Gasteiger partial charge on any atom is 0.254 e. The zero-order valence-corrected chi connectivity index (χ0v) is 20.9. The average Bonchev–Trinajstić information content (AvgIpc) is 3.41. The summed E-state index contributed by atoms with van der Waals surface area (Å²) >= 11 is 0. The third-order valence-corrected chi connectivity index (χ3v) is 9.29. The van der Waals surface area contributed by atoms with Crippen molar-refractivity contribution in [1.29, 1.82) is 0 Å². The van der Waals surface area contributed by atoms with Crippen LogP contribution in [0.5, 0.6) is 5.75 Å². The number of amides is 2. The monoisotopic (exact) mass is 488 g/mol. The van der Waals surface area contributed by atoms with Crippen LogP contribution in [0.2, 0.25) is 0 Å². The van der Waals surface area contributed by atoms with Gasteiger partial charge in [0.1, 0.15) is 5.82 Å². The minimum absolute atomic E-state index is 0.00856. The number of nitrogens with one attached hydrogen (secondary N) is 2. The lowest BCUT2D eigenvalue weighted by molar-refractivity contribution is -0.128. The maximum absolute atomic E-state index is 14.7. The maximum atomic E-state index is 14.7. The molecule has 2 N–H and O–H groups in total. The number of carbonyl (C=O) groups is 2. The highest BCUT2D eigenvalue weighted by atomic mass is 19.1. The van der Waals surface area contributed by atoms with Gasteiger partial charge in [-0.3, -0.25) is 9.59 Å². The Morgan fingerprint density at radius 3 is 2.43 bits per heavy atom. The van der Waals surface area contributed by atoms with Gasteiger partial charge in [-0.05, 0) is 87.0 Å². The molecule has 0 spiro atoms. The number of benzene rings is 1. The Bertz CT molecular complexity index is 971. The number of fused-ring (bicyclic) bond motifs is 2. The molecule has 7 heteroatoms. The molecule has 5 nitrogen and oxygen atoms in total. The van der Waals surface area contributed by atoms with Crippen molar-refractivity contribution in [2.75, 3.05) is 6.54 Å². The van der Waals surface area contributed by atoms with E-state index in [0.717, 1.165) is 63.9 Å². The highest BCUT2D eigenvalue weighted by Crippen LogP contribution is 2.49. The first-order valence-corrected chi connectivity index (χ1v) is 13.5. The van der Waals surface area contributed by atoms with Crippen LogP contribution in [0.25, 0.3) is 0 Å². The molecule has 35 heavy (non-hydrogen) atoms. The molecule has 0 radical (unpaired) electrons. The fourth-order valence-corrected chi connectivity index (χ4v) is 6.80. The fourth-order valence-electron chi connectivity index (χ4n) is 6.80. The lowest BCUT2D eigenvalue weighted by Crippen LogP contribution is -2.51. The fraction of sp³-hybridized carbons (Fsp3) is 0.714. The summed E-state index contributed by atoms with van der Waals surface area (Å²) in [6, 6.07) is 1.60. The first-order chi connectivity index (χ1) is 16.7. The van der Waals surface area contributed by atoms with Crippen LogP contribution >= 0.6 is 0 Å². The van der Waals surface area contributed by atoms with Crippen molar-refractivity contribution in [2.24, 2.45) is 29.1 Å².